The van der Waals surface area contributed by atoms with E-state index < -0.39 is 12.9 Å². The van der Waals surface area contributed by atoms with Crippen LogP contribution in [0.2, 0.25) is 0 Å². The largest absolute Gasteiger partial charge is 1.00 e. The quantitative estimate of drug-likeness (QED) is 0.557. The fourth-order valence-corrected chi connectivity index (χ4v) is 0.699. The maximum absolute atomic E-state index is 11.7. The van der Waals surface area contributed by atoms with Gasteiger partial charge in [0.1, 0.15) is 0 Å². The van der Waals surface area contributed by atoms with Crippen molar-refractivity contribution >= 4 is 6.98 Å². The first kappa shape index (κ1) is 14.9. The zero-order valence-electron chi connectivity index (χ0n) is 7.15. The van der Waals surface area contributed by atoms with E-state index in [1.165, 1.54) is 0 Å². The molecule has 0 aliphatic carbocycles. The molecule has 0 heterocycles. The summed E-state index contributed by atoms with van der Waals surface area (Å²) in [4.78, 5) is 0. The molecule has 0 unspecified atom stereocenters. The predicted octanol–water partition coefficient (Wildman–Crippen LogP) is -1.25. The number of halogens is 3. The summed E-state index contributed by atoms with van der Waals surface area (Å²) in [6.45, 7) is -1.38. The van der Waals surface area contributed by atoms with Crippen LogP contribution in [0.1, 0.15) is 20.3 Å². The van der Waals surface area contributed by atoms with E-state index in [1.807, 2.05) is 0 Å². The maximum Gasteiger partial charge on any atom is 1.00 e. The van der Waals surface area contributed by atoms with E-state index in [1.54, 1.807) is 13.8 Å². The van der Waals surface area contributed by atoms with Gasteiger partial charge in [0.05, 0.1) is 0 Å². The summed E-state index contributed by atoms with van der Waals surface area (Å²) in [5.74, 6) is -1.58. The van der Waals surface area contributed by atoms with Gasteiger partial charge in [-0.15, -0.1) is 0 Å². The predicted molar refractivity (Wildman–Crippen MR) is 36.5 cm³/mol. The molecule has 0 aliphatic rings. The Labute approximate surface area is 108 Å². The van der Waals surface area contributed by atoms with Gasteiger partial charge in [0.2, 0.25) is 0 Å². The van der Waals surface area contributed by atoms with Crippen molar-refractivity contribution in [2.75, 3.05) is 0 Å². The molecule has 0 bridgehead atoms. The van der Waals surface area contributed by atoms with Crippen LogP contribution in [0.4, 0.5) is 12.9 Å². The Morgan fingerprint density at radius 3 is 1.73 bits per heavy atom. The van der Waals surface area contributed by atoms with Gasteiger partial charge in [-0.3, -0.25) is 0 Å². The molecule has 62 valence electrons. The molecule has 0 fully saturated rings. The van der Waals surface area contributed by atoms with E-state index in [-0.39, 0.29) is 63.7 Å². The fourth-order valence-electron chi connectivity index (χ4n) is 0.699. The molecule has 1 atom stereocenters. The van der Waals surface area contributed by atoms with E-state index in [0.29, 0.717) is 0 Å². The van der Waals surface area contributed by atoms with Gasteiger partial charge in [-0.05, 0) is 11.9 Å². The molecular weight excluding hydrogens is 181 g/mol. The summed E-state index contributed by atoms with van der Waals surface area (Å²) in [6.07, 6.45) is 0.0312. The molecule has 0 saturated carbocycles. The van der Waals surface area contributed by atoms with Crippen molar-refractivity contribution in [2.45, 2.75) is 26.2 Å². The molecule has 0 saturated heterocycles. The Morgan fingerprint density at radius 2 is 1.64 bits per heavy atom. The number of rotatable bonds is 3. The zero-order chi connectivity index (χ0) is 8.36. The van der Waals surface area contributed by atoms with Crippen molar-refractivity contribution in [3.8, 4) is 0 Å². The Kier molecular flexibility index (Phi) is 8.14. The second-order valence-electron chi connectivity index (χ2n) is 2.92. The van der Waals surface area contributed by atoms with Gasteiger partial charge in [-0.1, -0.05) is 20.3 Å². The van der Waals surface area contributed by atoms with Crippen molar-refractivity contribution in [3.05, 3.63) is 0 Å². The monoisotopic (exact) mass is 193 g/mol. The molecular formula is C5H12BF3KN. The number of hydrogen-bond donors (Lipinski definition) is 1. The summed E-state index contributed by atoms with van der Waals surface area (Å²) in [5, 5.41) is 0. The van der Waals surface area contributed by atoms with Gasteiger partial charge in [0, 0.05) is 0 Å². The minimum Gasteiger partial charge on any atom is -0.448 e. The van der Waals surface area contributed by atoms with Crippen LogP contribution >= 0.6 is 0 Å². The van der Waals surface area contributed by atoms with Crippen LogP contribution in [0.25, 0.3) is 0 Å². The topological polar surface area (TPSA) is 26.0 Å². The standard InChI is InChI=1S/C5H12BF3N.K/c1-4(2)3-5(10)6(7,8)9;/h4-5H,3,10H2,1-2H3;/q-1;+1/t5-;/m0./s1. The van der Waals surface area contributed by atoms with Gasteiger partial charge in [0.25, 0.3) is 0 Å². The smallest absolute Gasteiger partial charge is 0.448 e. The summed E-state index contributed by atoms with van der Waals surface area (Å²) in [7, 11) is 0. The summed E-state index contributed by atoms with van der Waals surface area (Å²) in [6, 6.07) is 0. The summed E-state index contributed by atoms with van der Waals surface area (Å²) in [5.41, 5.74) is 4.85. The van der Waals surface area contributed by atoms with Crippen LogP contribution in [0.3, 0.4) is 0 Å². The molecule has 11 heavy (non-hydrogen) atoms. The second kappa shape index (κ2) is 5.99. The molecule has 0 aromatic rings. The van der Waals surface area contributed by atoms with E-state index in [0.717, 1.165) is 0 Å². The molecule has 0 aromatic heterocycles. The first-order valence-electron chi connectivity index (χ1n) is 3.29. The average Bonchev–Trinajstić information content (AvgIpc) is 1.60. The van der Waals surface area contributed by atoms with Crippen LogP contribution in [0.5, 0.6) is 0 Å². The molecule has 0 radical (unpaired) electrons. The molecule has 0 spiro atoms. The molecule has 0 rings (SSSR count). The van der Waals surface area contributed by atoms with Crippen molar-refractivity contribution in [1.29, 1.82) is 0 Å². The van der Waals surface area contributed by atoms with Crippen LogP contribution < -0.4 is 57.1 Å². The van der Waals surface area contributed by atoms with Crippen LogP contribution in [0, 0.1) is 5.92 Å². The number of hydrogen-bond acceptors (Lipinski definition) is 1. The van der Waals surface area contributed by atoms with E-state index in [9.17, 15) is 12.9 Å². The molecule has 1 nitrogen and oxygen atoms in total. The van der Waals surface area contributed by atoms with Crippen molar-refractivity contribution in [3.63, 3.8) is 0 Å². The van der Waals surface area contributed by atoms with Gasteiger partial charge in [-0.2, -0.15) is 0 Å². The van der Waals surface area contributed by atoms with Gasteiger partial charge in [0.15, 0.2) is 0 Å². The summed E-state index contributed by atoms with van der Waals surface area (Å²) < 4.78 is 35.2. The fraction of sp³-hybridized carbons (Fsp3) is 1.00. The van der Waals surface area contributed by atoms with Crippen molar-refractivity contribution in [1.82, 2.24) is 0 Å². The zero-order valence-corrected chi connectivity index (χ0v) is 10.3. The Hall–Kier alpha value is 1.45. The van der Waals surface area contributed by atoms with Crippen LogP contribution in [-0.4, -0.2) is 12.9 Å². The Morgan fingerprint density at radius 1 is 1.27 bits per heavy atom. The second-order valence-corrected chi connectivity index (χ2v) is 2.92. The minimum atomic E-state index is -4.82. The van der Waals surface area contributed by atoms with E-state index in [2.05, 4.69) is 0 Å². The first-order chi connectivity index (χ1) is 4.34. The van der Waals surface area contributed by atoms with E-state index >= 15 is 0 Å². The average molecular weight is 193 g/mol. The third-order valence-corrected chi connectivity index (χ3v) is 1.23. The Balaban J connectivity index is 0. The van der Waals surface area contributed by atoms with Crippen LogP contribution in [0.15, 0.2) is 0 Å². The van der Waals surface area contributed by atoms with Crippen molar-refractivity contribution < 1.29 is 64.3 Å². The van der Waals surface area contributed by atoms with Crippen LogP contribution in [-0.2, 0) is 0 Å². The maximum atomic E-state index is 11.7. The van der Waals surface area contributed by atoms with Gasteiger partial charge in [-0.25, -0.2) is 0 Å². The first-order valence-corrected chi connectivity index (χ1v) is 3.29. The normalized spacial score (nSPS) is 14.5. The molecule has 0 aliphatic heterocycles. The minimum absolute atomic E-state index is 0. The molecule has 0 amide bonds. The molecule has 6 heteroatoms. The third-order valence-electron chi connectivity index (χ3n) is 1.23. The third kappa shape index (κ3) is 7.80. The van der Waals surface area contributed by atoms with Gasteiger partial charge >= 0.3 is 58.4 Å². The van der Waals surface area contributed by atoms with E-state index in [4.69, 9.17) is 5.73 Å². The van der Waals surface area contributed by atoms with Crippen molar-refractivity contribution in [2.24, 2.45) is 11.7 Å². The SMILES string of the molecule is CC(C)C[C@H](N)[B-](F)(F)F.[K+]. The summed E-state index contributed by atoms with van der Waals surface area (Å²) >= 11 is 0. The molecule has 0 aromatic carbocycles. The molecule has 2 N–H and O–H groups in total. The van der Waals surface area contributed by atoms with Gasteiger partial charge < -0.3 is 18.7 Å². The Bertz CT molecular complexity index is 106. The number of nitrogens with two attached hydrogens (primary N) is 1.